The summed E-state index contributed by atoms with van der Waals surface area (Å²) in [7, 11) is 0. The zero-order valence-electron chi connectivity index (χ0n) is 12.0. The van der Waals surface area contributed by atoms with Gasteiger partial charge in [-0.1, -0.05) is 13.0 Å². The third-order valence-electron chi connectivity index (χ3n) is 3.32. The number of carbonyl (C=O) groups is 1. The summed E-state index contributed by atoms with van der Waals surface area (Å²) in [6.07, 6.45) is 0.893. The average Bonchev–Trinajstić information content (AvgIpc) is 2.45. The van der Waals surface area contributed by atoms with Gasteiger partial charge in [0, 0.05) is 19.6 Å². The summed E-state index contributed by atoms with van der Waals surface area (Å²) in [5, 5.41) is 3.01. The van der Waals surface area contributed by atoms with Gasteiger partial charge in [0.15, 0.2) is 0 Å². The first-order valence-electron chi connectivity index (χ1n) is 7.06. The molecule has 1 saturated heterocycles. The first-order valence-corrected chi connectivity index (χ1v) is 7.06. The Hall–Kier alpha value is -1.62. The van der Waals surface area contributed by atoms with E-state index in [1.807, 2.05) is 13.8 Å². The second-order valence-corrected chi connectivity index (χ2v) is 5.02. The molecule has 1 atom stereocenters. The van der Waals surface area contributed by atoms with Crippen molar-refractivity contribution in [1.29, 1.82) is 0 Å². The van der Waals surface area contributed by atoms with Crippen molar-refractivity contribution >= 4 is 11.6 Å². The lowest BCUT2D eigenvalue weighted by molar-refractivity contribution is -0.0123. The number of ether oxygens (including phenoxy) is 1. The molecule has 20 heavy (non-hydrogen) atoms. The first kappa shape index (κ1) is 14.8. The van der Waals surface area contributed by atoms with Crippen LogP contribution in [0.25, 0.3) is 0 Å². The highest BCUT2D eigenvalue weighted by Crippen LogP contribution is 2.22. The SMILES string of the molecule is CCCNc1c(F)cccc1C(=O)N1CCOC(C)C1. The smallest absolute Gasteiger partial charge is 0.256 e. The van der Waals surface area contributed by atoms with E-state index in [-0.39, 0.29) is 17.8 Å². The molecule has 0 aromatic heterocycles. The van der Waals surface area contributed by atoms with Crippen LogP contribution in [0.5, 0.6) is 0 Å². The average molecular weight is 280 g/mol. The molecule has 1 fully saturated rings. The molecule has 110 valence electrons. The molecule has 4 nitrogen and oxygen atoms in total. The molecule has 0 bridgehead atoms. The number of rotatable bonds is 4. The van der Waals surface area contributed by atoms with Gasteiger partial charge in [0.1, 0.15) is 5.82 Å². The van der Waals surface area contributed by atoms with Crippen LogP contribution in [0.1, 0.15) is 30.6 Å². The van der Waals surface area contributed by atoms with Gasteiger partial charge in [0.2, 0.25) is 0 Å². The number of nitrogens with zero attached hydrogens (tertiary/aromatic N) is 1. The van der Waals surface area contributed by atoms with Gasteiger partial charge >= 0.3 is 0 Å². The molecule has 1 amide bonds. The highest BCUT2D eigenvalue weighted by atomic mass is 19.1. The lowest BCUT2D eigenvalue weighted by Gasteiger charge is -2.31. The molecule has 1 aliphatic heterocycles. The van der Waals surface area contributed by atoms with Crippen LogP contribution in [-0.2, 0) is 4.74 Å². The van der Waals surface area contributed by atoms with Gasteiger partial charge in [-0.05, 0) is 25.5 Å². The summed E-state index contributed by atoms with van der Waals surface area (Å²) >= 11 is 0. The normalized spacial score (nSPS) is 18.9. The van der Waals surface area contributed by atoms with Crippen molar-refractivity contribution < 1.29 is 13.9 Å². The zero-order chi connectivity index (χ0) is 14.5. The van der Waals surface area contributed by atoms with E-state index in [0.29, 0.717) is 37.5 Å². The van der Waals surface area contributed by atoms with Crippen LogP contribution in [0.3, 0.4) is 0 Å². The monoisotopic (exact) mass is 280 g/mol. The predicted molar refractivity (Wildman–Crippen MR) is 76.5 cm³/mol. The number of amides is 1. The number of nitrogens with one attached hydrogen (secondary N) is 1. The molecular formula is C15H21FN2O2. The van der Waals surface area contributed by atoms with E-state index in [1.165, 1.54) is 6.07 Å². The first-order chi connectivity index (χ1) is 9.63. The number of carbonyl (C=O) groups excluding carboxylic acids is 1. The molecule has 5 heteroatoms. The van der Waals surface area contributed by atoms with Crippen LogP contribution < -0.4 is 5.32 Å². The Labute approximate surface area is 118 Å². The molecule has 0 spiro atoms. The summed E-state index contributed by atoms with van der Waals surface area (Å²) in [6, 6.07) is 4.61. The number of morpholine rings is 1. The number of hydrogen-bond acceptors (Lipinski definition) is 3. The minimum Gasteiger partial charge on any atom is -0.382 e. The molecule has 1 aromatic rings. The lowest BCUT2D eigenvalue weighted by atomic mass is 10.1. The van der Waals surface area contributed by atoms with Crippen LogP contribution in [0.2, 0.25) is 0 Å². The minimum absolute atomic E-state index is 0.0216. The van der Waals surface area contributed by atoms with Gasteiger partial charge in [-0.25, -0.2) is 4.39 Å². The molecular weight excluding hydrogens is 259 g/mol. The molecule has 0 radical (unpaired) electrons. The van der Waals surface area contributed by atoms with E-state index < -0.39 is 0 Å². The van der Waals surface area contributed by atoms with E-state index in [0.717, 1.165) is 6.42 Å². The maximum absolute atomic E-state index is 13.9. The second-order valence-electron chi connectivity index (χ2n) is 5.02. The Morgan fingerprint density at radius 1 is 1.55 bits per heavy atom. The summed E-state index contributed by atoms with van der Waals surface area (Å²) in [6.45, 7) is 6.19. The predicted octanol–water partition coefficient (Wildman–Crippen LogP) is 2.51. The molecule has 1 aromatic carbocycles. The Kier molecular flexibility index (Phi) is 4.95. The zero-order valence-corrected chi connectivity index (χ0v) is 12.0. The summed E-state index contributed by atoms with van der Waals surface area (Å²) in [4.78, 5) is 14.3. The molecule has 1 aliphatic rings. The fourth-order valence-corrected chi connectivity index (χ4v) is 2.31. The number of anilines is 1. The molecule has 2 rings (SSSR count). The van der Waals surface area contributed by atoms with Crippen LogP contribution in [-0.4, -0.2) is 43.2 Å². The van der Waals surface area contributed by atoms with E-state index in [9.17, 15) is 9.18 Å². The van der Waals surface area contributed by atoms with Crippen molar-refractivity contribution in [3.8, 4) is 0 Å². The molecule has 1 heterocycles. The Bertz CT molecular complexity index is 479. The van der Waals surface area contributed by atoms with Crippen molar-refractivity contribution in [2.24, 2.45) is 0 Å². The second kappa shape index (κ2) is 6.70. The van der Waals surface area contributed by atoms with E-state index >= 15 is 0 Å². The number of para-hydroxylation sites is 1. The van der Waals surface area contributed by atoms with E-state index in [1.54, 1.807) is 17.0 Å². The maximum atomic E-state index is 13.9. The van der Waals surface area contributed by atoms with Crippen molar-refractivity contribution in [1.82, 2.24) is 4.90 Å². The van der Waals surface area contributed by atoms with E-state index in [4.69, 9.17) is 4.74 Å². The highest BCUT2D eigenvalue weighted by Gasteiger charge is 2.25. The third-order valence-corrected chi connectivity index (χ3v) is 3.32. The van der Waals surface area contributed by atoms with Crippen LogP contribution in [0.15, 0.2) is 18.2 Å². The molecule has 1 unspecified atom stereocenters. The molecule has 0 aliphatic carbocycles. The summed E-state index contributed by atoms with van der Waals surface area (Å²) < 4.78 is 19.3. The fourth-order valence-electron chi connectivity index (χ4n) is 2.31. The van der Waals surface area contributed by atoms with Gasteiger partial charge < -0.3 is 15.0 Å². The van der Waals surface area contributed by atoms with Crippen LogP contribution in [0.4, 0.5) is 10.1 Å². The molecule has 0 saturated carbocycles. The van der Waals surface area contributed by atoms with Crippen molar-refractivity contribution in [2.75, 3.05) is 31.6 Å². The Morgan fingerprint density at radius 3 is 3.05 bits per heavy atom. The Balaban J connectivity index is 2.22. The highest BCUT2D eigenvalue weighted by molar-refractivity contribution is 5.99. The maximum Gasteiger partial charge on any atom is 0.256 e. The van der Waals surface area contributed by atoms with Crippen LogP contribution in [0, 0.1) is 5.82 Å². The van der Waals surface area contributed by atoms with Gasteiger partial charge in [0.05, 0.1) is 24.0 Å². The van der Waals surface area contributed by atoms with Gasteiger partial charge in [-0.15, -0.1) is 0 Å². The van der Waals surface area contributed by atoms with Crippen LogP contribution >= 0.6 is 0 Å². The topological polar surface area (TPSA) is 41.6 Å². The van der Waals surface area contributed by atoms with Crippen molar-refractivity contribution in [3.05, 3.63) is 29.6 Å². The van der Waals surface area contributed by atoms with Gasteiger partial charge in [-0.3, -0.25) is 4.79 Å². The summed E-state index contributed by atoms with van der Waals surface area (Å²) in [5.74, 6) is -0.524. The largest absolute Gasteiger partial charge is 0.382 e. The van der Waals surface area contributed by atoms with E-state index in [2.05, 4.69) is 5.32 Å². The van der Waals surface area contributed by atoms with Crippen molar-refractivity contribution in [3.63, 3.8) is 0 Å². The quantitative estimate of drug-likeness (QED) is 0.921. The number of hydrogen-bond donors (Lipinski definition) is 1. The minimum atomic E-state index is -0.384. The number of benzene rings is 1. The fraction of sp³-hybridized carbons (Fsp3) is 0.533. The number of halogens is 1. The summed E-state index contributed by atoms with van der Waals surface area (Å²) in [5.41, 5.74) is 0.700. The third kappa shape index (κ3) is 3.28. The lowest BCUT2D eigenvalue weighted by Crippen LogP contribution is -2.44. The Morgan fingerprint density at radius 2 is 2.35 bits per heavy atom. The van der Waals surface area contributed by atoms with Gasteiger partial charge in [0.25, 0.3) is 5.91 Å². The van der Waals surface area contributed by atoms with Gasteiger partial charge in [-0.2, -0.15) is 0 Å². The standard InChI is InChI=1S/C15H21FN2O2/c1-3-7-17-14-12(5-4-6-13(14)16)15(19)18-8-9-20-11(2)10-18/h4-6,11,17H,3,7-10H2,1-2H3. The van der Waals surface area contributed by atoms with Crippen molar-refractivity contribution in [2.45, 2.75) is 26.4 Å². The molecule has 1 N–H and O–H groups in total.